The molecular formula is C24H20FNO3S2. The van der Waals surface area contributed by atoms with E-state index in [1.54, 1.807) is 36.4 Å². The molecule has 4 rings (SSSR count). The topological polar surface area (TPSA) is 56.3 Å². The second-order valence-electron chi connectivity index (χ2n) is 7.04. The van der Waals surface area contributed by atoms with Gasteiger partial charge in [0.25, 0.3) is 0 Å². The third-order valence-electron chi connectivity index (χ3n) is 4.66. The van der Waals surface area contributed by atoms with E-state index < -0.39 is 9.84 Å². The quantitative estimate of drug-likeness (QED) is 0.358. The molecule has 7 heteroatoms. The Bertz CT molecular complexity index is 1280. The minimum atomic E-state index is -3.44. The highest BCUT2D eigenvalue weighted by Gasteiger charge is 2.21. The first-order valence-corrected chi connectivity index (χ1v) is 12.3. The van der Waals surface area contributed by atoms with Crippen LogP contribution in [0.2, 0.25) is 0 Å². The Morgan fingerprint density at radius 3 is 2.29 bits per heavy atom. The highest BCUT2D eigenvalue weighted by Crippen LogP contribution is 2.40. The SMILES string of the molecule is CS(=O)(=O)c1ccccc1-c1sc(COCc2ccccc2)nc1-c1ccc(F)cc1. The van der Waals surface area contributed by atoms with Gasteiger partial charge in [0.05, 0.1) is 28.7 Å². The maximum absolute atomic E-state index is 13.5. The van der Waals surface area contributed by atoms with Gasteiger partial charge in [-0.1, -0.05) is 48.5 Å². The molecule has 0 aliphatic carbocycles. The van der Waals surface area contributed by atoms with Crippen molar-refractivity contribution in [2.75, 3.05) is 6.26 Å². The van der Waals surface area contributed by atoms with E-state index in [1.807, 2.05) is 30.3 Å². The molecule has 1 heterocycles. The van der Waals surface area contributed by atoms with Gasteiger partial charge in [-0.25, -0.2) is 17.8 Å². The highest BCUT2D eigenvalue weighted by atomic mass is 32.2. The standard InChI is InChI=1S/C24H20FNO3S2/c1-31(27,28)21-10-6-5-9-20(21)24-23(18-11-13-19(25)14-12-18)26-22(30-24)16-29-15-17-7-3-2-4-8-17/h2-14H,15-16H2,1H3. The first-order valence-electron chi connectivity index (χ1n) is 9.58. The van der Waals surface area contributed by atoms with Gasteiger partial charge >= 0.3 is 0 Å². The summed E-state index contributed by atoms with van der Waals surface area (Å²) in [5.41, 5.74) is 2.96. The number of nitrogens with zero attached hydrogens (tertiary/aromatic N) is 1. The zero-order valence-corrected chi connectivity index (χ0v) is 18.4. The van der Waals surface area contributed by atoms with E-state index in [2.05, 4.69) is 0 Å². The number of hydrogen-bond acceptors (Lipinski definition) is 5. The number of thiazole rings is 1. The van der Waals surface area contributed by atoms with Crippen LogP contribution >= 0.6 is 11.3 Å². The van der Waals surface area contributed by atoms with Gasteiger partial charge in [0.2, 0.25) is 0 Å². The number of rotatable bonds is 7. The van der Waals surface area contributed by atoms with Crippen LogP contribution in [0, 0.1) is 5.82 Å². The van der Waals surface area contributed by atoms with E-state index in [0.29, 0.717) is 33.3 Å². The lowest BCUT2D eigenvalue weighted by atomic mass is 10.1. The summed E-state index contributed by atoms with van der Waals surface area (Å²) in [5, 5.41) is 0.716. The molecular weight excluding hydrogens is 433 g/mol. The van der Waals surface area contributed by atoms with Crippen LogP contribution in [0.25, 0.3) is 21.7 Å². The van der Waals surface area contributed by atoms with Crippen molar-refractivity contribution in [1.29, 1.82) is 0 Å². The third kappa shape index (κ3) is 5.07. The molecule has 0 bridgehead atoms. The fourth-order valence-electron chi connectivity index (χ4n) is 3.22. The van der Waals surface area contributed by atoms with Crippen molar-refractivity contribution in [3.05, 3.63) is 95.3 Å². The van der Waals surface area contributed by atoms with E-state index >= 15 is 0 Å². The molecule has 0 atom stereocenters. The zero-order chi connectivity index (χ0) is 21.8. The van der Waals surface area contributed by atoms with Crippen LogP contribution in [0.15, 0.2) is 83.8 Å². The molecule has 0 spiro atoms. The highest BCUT2D eigenvalue weighted by molar-refractivity contribution is 7.90. The third-order valence-corrected chi connectivity index (χ3v) is 6.87. The van der Waals surface area contributed by atoms with Crippen LogP contribution in [0.4, 0.5) is 4.39 Å². The maximum Gasteiger partial charge on any atom is 0.176 e. The Kier molecular flexibility index (Phi) is 6.27. The molecule has 0 aliphatic heterocycles. The van der Waals surface area contributed by atoms with Crippen molar-refractivity contribution in [2.45, 2.75) is 18.1 Å². The van der Waals surface area contributed by atoms with Crippen LogP contribution in [-0.2, 0) is 27.8 Å². The fourth-order valence-corrected chi connectivity index (χ4v) is 5.24. The van der Waals surface area contributed by atoms with Crippen molar-refractivity contribution in [3.8, 4) is 21.7 Å². The van der Waals surface area contributed by atoms with Crippen molar-refractivity contribution < 1.29 is 17.5 Å². The van der Waals surface area contributed by atoms with Crippen molar-refractivity contribution in [2.24, 2.45) is 0 Å². The fraction of sp³-hybridized carbons (Fsp3) is 0.125. The molecule has 0 unspecified atom stereocenters. The first kappa shape index (κ1) is 21.4. The smallest absolute Gasteiger partial charge is 0.176 e. The minimum Gasteiger partial charge on any atom is -0.370 e. The Morgan fingerprint density at radius 2 is 1.58 bits per heavy atom. The minimum absolute atomic E-state index is 0.235. The zero-order valence-electron chi connectivity index (χ0n) is 16.8. The predicted octanol–water partition coefficient (Wildman–Crippen LogP) is 5.74. The largest absolute Gasteiger partial charge is 0.370 e. The molecule has 0 saturated heterocycles. The summed E-state index contributed by atoms with van der Waals surface area (Å²) in [6.07, 6.45) is 1.19. The molecule has 31 heavy (non-hydrogen) atoms. The lowest BCUT2D eigenvalue weighted by Crippen LogP contribution is -1.99. The van der Waals surface area contributed by atoms with E-state index in [-0.39, 0.29) is 17.3 Å². The monoisotopic (exact) mass is 453 g/mol. The molecule has 4 nitrogen and oxygen atoms in total. The number of halogens is 1. The summed E-state index contributed by atoms with van der Waals surface area (Å²) < 4.78 is 44.0. The van der Waals surface area contributed by atoms with Crippen LogP contribution in [0.3, 0.4) is 0 Å². The lowest BCUT2D eigenvalue weighted by Gasteiger charge is -2.08. The average Bonchev–Trinajstić information content (AvgIpc) is 3.18. The van der Waals surface area contributed by atoms with Crippen molar-refractivity contribution in [3.63, 3.8) is 0 Å². The van der Waals surface area contributed by atoms with E-state index in [4.69, 9.17) is 9.72 Å². The van der Waals surface area contributed by atoms with Crippen LogP contribution in [0.1, 0.15) is 10.6 Å². The van der Waals surface area contributed by atoms with E-state index in [9.17, 15) is 12.8 Å². The summed E-state index contributed by atoms with van der Waals surface area (Å²) in [5.74, 6) is -0.344. The Morgan fingerprint density at radius 1 is 0.903 bits per heavy atom. The van der Waals surface area contributed by atoms with Crippen LogP contribution in [0.5, 0.6) is 0 Å². The van der Waals surface area contributed by atoms with Gasteiger partial charge in [-0.2, -0.15) is 0 Å². The lowest BCUT2D eigenvalue weighted by molar-refractivity contribution is 0.107. The molecule has 1 aromatic heterocycles. The van der Waals surface area contributed by atoms with Gasteiger partial charge in [0.1, 0.15) is 10.8 Å². The molecule has 0 saturated carbocycles. The Labute approximate surface area is 184 Å². The molecule has 4 aromatic rings. The van der Waals surface area contributed by atoms with Gasteiger partial charge in [0, 0.05) is 17.4 Å². The molecule has 0 aliphatic rings. The van der Waals surface area contributed by atoms with Crippen molar-refractivity contribution in [1.82, 2.24) is 4.98 Å². The predicted molar refractivity (Wildman–Crippen MR) is 121 cm³/mol. The Hall–Kier alpha value is -2.87. The van der Waals surface area contributed by atoms with Gasteiger partial charge in [-0.3, -0.25) is 0 Å². The van der Waals surface area contributed by atoms with Crippen LogP contribution in [-0.4, -0.2) is 19.7 Å². The molecule has 3 aromatic carbocycles. The summed E-state index contributed by atoms with van der Waals surface area (Å²) >= 11 is 1.38. The number of sulfone groups is 1. The molecule has 0 amide bonds. The van der Waals surface area contributed by atoms with Gasteiger partial charge < -0.3 is 4.74 Å². The summed E-state index contributed by atoms with van der Waals surface area (Å²) in [6.45, 7) is 0.732. The molecule has 158 valence electrons. The summed E-state index contributed by atoms with van der Waals surface area (Å²) in [6, 6.07) is 22.7. The molecule has 0 N–H and O–H groups in total. The van der Waals surface area contributed by atoms with Gasteiger partial charge in [-0.05, 0) is 35.9 Å². The van der Waals surface area contributed by atoms with E-state index in [1.165, 1.54) is 29.7 Å². The van der Waals surface area contributed by atoms with E-state index in [0.717, 1.165) is 5.56 Å². The van der Waals surface area contributed by atoms with Gasteiger partial charge in [-0.15, -0.1) is 11.3 Å². The number of hydrogen-bond donors (Lipinski definition) is 0. The molecule has 0 radical (unpaired) electrons. The second-order valence-corrected chi connectivity index (χ2v) is 10.1. The number of ether oxygens (including phenoxy) is 1. The maximum atomic E-state index is 13.5. The normalized spacial score (nSPS) is 11.5. The van der Waals surface area contributed by atoms with Crippen LogP contribution < -0.4 is 0 Å². The second kappa shape index (κ2) is 9.09. The molecule has 0 fully saturated rings. The summed E-state index contributed by atoms with van der Waals surface area (Å²) in [7, 11) is -3.44. The first-order chi connectivity index (χ1) is 14.9. The Balaban J connectivity index is 1.72. The average molecular weight is 454 g/mol. The number of benzene rings is 3. The number of aromatic nitrogens is 1. The summed E-state index contributed by atoms with van der Waals surface area (Å²) in [4.78, 5) is 5.67. The van der Waals surface area contributed by atoms with Gasteiger partial charge in [0.15, 0.2) is 9.84 Å². The van der Waals surface area contributed by atoms with Crippen molar-refractivity contribution >= 4 is 21.2 Å².